The summed E-state index contributed by atoms with van der Waals surface area (Å²) in [5, 5.41) is 3.87. The van der Waals surface area contributed by atoms with Gasteiger partial charge in [0.05, 0.1) is 0 Å². The molecule has 4 nitrogen and oxygen atoms in total. The molecule has 2 rings (SSSR count). The first-order valence-corrected chi connectivity index (χ1v) is 10.7. The number of carbonyl (C=O) groups excluding carboxylic acids is 1. The molecule has 2 amide bonds. The largest absolute Gasteiger partial charge is 0.337 e. The van der Waals surface area contributed by atoms with Crippen LogP contribution in [0.3, 0.4) is 0 Å². The van der Waals surface area contributed by atoms with Crippen molar-refractivity contribution in [3.63, 3.8) is 0 Å². The Kier molecular flexibility index (Phi) is 8.93. The van der Waals surface area contributed by atoms with Crippen molar-refractivity contribution in [2.75, 3.05) is 38.5 Å². The van der Waals surface area contributed by atoms with Gasteiger partial charge in [-0.15, -0.1) is 11.8 Å². The number of nitrogens with one attached hydrogen (secondary N) is 1. The molecule has 1 unspecified atom stereocenters. The third-order valence-corrected chi connectivity index (χ3v) is 6.15. The van der Waals surface area contributed by atoms with E-state index in [1.165, 1.54) is 11.3 Å². The predicted molar refractivity (Wildman–Crippen MR) is 108 cm³/mol. The minimum Gasteiger partial charge on any atom is -0.337 e. The second-order valence-corrected chi connectivity index (χ2v) is 7.90. The van der Waals surface area contributed by atoms with Crippen molar-refractivity contribution in [1.82, 2.24) is 15.1 Å². The van der Waals surface area contributed by atoms with Gasteiger partial charge in [0.15, 0.2) is 0 Å². The molecule has 25 heavy (non-hydrogen) atoms. The second kappa shape index (κ2) is 10.9. The number of nitrogens with zero attached hydrogens (tertiary/aromatic N) is 2. The summed E-state index contributed by atoms with van der Waals surface area (Å²) >= 11 is 7.75. The van der Waals surface area contributed by atoms with Gasteiger partial charge < -0.3 is 15.1 Å². The topological polar surface area (TPSA) is 35.6 Å². The summed E-state index contributed by atoms with van der Waals surface area (Å²) in [7, 11) is 0. The maximum atomic E-state index is 12.6. The summed E-state index contributed by atoms with van der Waals surface area (Å²) in [6, 6.07) is 8.33. The number of likely N-dealkylation sites (N-methyl/N-ethyl adjacent to an activating group) is 1. The second-order valence-electron chi connectivity index (χ2n) is 6.37. The zero-order valence-corrected chi connectivity index (χ0v) is 16.9. The zero-order chi connectivity index (χ0) is 18.1. The van der Waals surface area contributed by atoms with Gasteiger partial charge in [0, 0.05) is 41.3 Å². The van der Waals surface area contributed by atoms with Crippen LogP contribution in [-0.4, -0.2) is 60.3 Å². The van der Waals surface area contributed by atoms with Crippen molar-refractivity contribution in [2.24, 2.45) is 0 Å². The summed E-state index contributed by atoms with van der Waals surface area (Å²) in [4.78, 5) is 18.2. The first-order chi connectivity index (χ1) is 12.1. The van der Waals surface area contributed by atoms with Gasteiger partial charge in [0.2, 0.25) is 0 Å². The van der Waals surface area contributed by atoms with Crippen LogP contribution in [0.25, 0.3) is 0 Å². The Morgan fingerprint density at radius 1 is 1.28 bits per heavy atom. The average Bonchev–Trinajstić information content (AvgIpc) is 2.65. The Labute approximate surface area is 161 Å². The van der Waals surface area contributed by atoms with Gasteiger partial charge in [-0.1, -0.05) is 25.4 Å². The van der Waals surface area contributed by atoms with E-state index < -0.39 is 0 Å². The summed E-state index contributed by atoms with van der Waals surface area (Å²) in [6.45, 7) is 8.85. The highest BCUT2D eigenvalue weighted by Crippen LogP contribution is 2.26. The summed E-state index contributed by atoms with van der Waals surface area (Å²) in [5.41, 5.74) is 0. The Bertz CT molecular complexity index is 522. The maximum Gasteiger partial charge on any atom is 0.317 e. The molecule has 140 valence electrons. The molecular formula is C19H30ClN3OS. The van der Waals surface area contributed by atoms with E-state index in [1.807, 2.05) is 29.2 Å². The van der Waals surface area contributed by atoms with Crippen molar-refractivity contribution in [1.29, 1.82) is 0 Å². The van der Waals surface area contributed by atoms with Crippen LogP contribution in [0.15, 0.2) is 29.2 Å². The van der Waals surface area contributed by atoms with Crippen LogP contribution in [0.1, 0.15) is 33.1 Å². The average molecular weight is 384 g/mol. The fourth-order valence-corrected chi connectivity index (χ4v) is 4.31. The molecule has 1 aliphatic rings. The van der Waals surface area contributed by atoms with Gasteiger partial charge in [0.1, 0.15) is 0 Å². The number of benzene rings is 1. The third kappa shape index (κ3) is 6.72. The smallest absolute Gasteiger partial charge is 0.317 e. The highest BCUT2D eigenvalue weighted by Gasteiger charge is 2.26. The SMILES string of the molecule is CCN(CC)CCNC(=O)N1CCCCC1CSc1ccc(Cl)cc1. The number of urea groups is 1. The summed E-state index contributed by atoms with van der Waals surface area (Å²) < 4.78 is 0. The van der Waals surface area contributed by atoms with E-state index in [2.05, 4.69) is 24.1 Å². The quantitative estimate of drug-likeness (QED) is 0.678. The molecule has 1 N–H and O–H groups in total. The first-order valence-electron chi connectivity index (χ1n) is 9.29. The number of hydrogen-bond acceptors (Lipinski definition) is 3. The van der Waals surface area contributed by atoms with Gasteiger partial charge in [-0.3, -0.25) is 0 Å². The molecule has 0 radical (unpaired) electrons. The van der Waals surface area contributed by atoms with E-state index >= 15 is 0 Å². The number of halogens is 1. The molecule has 1 aromatic carbocycles. The molecule has 1 atom stereocenters. The van der Waals surface area contributed by atoms with Crippen LogP contribution in [0.5, 0.6) is 0 Å². The van der Waals surface area contributed by atoms with Crippen molar-refractivity contribution in [3.05, 3.63) is 29.3 Å². The molecule has 0 aliphatic carbocycles. The van der Waals surface area contributed by atoms with Gasteiger partial charge in [0.25, 0.3) is 0 Å². The summed E-state index contributed by atoms with van der Waals surface area (Å²) in [5.74, 6) is 0.936. The minimum atomic E-state index is 0.0913. The number of carbonyl (C=O) groups is 1. The Morgan fingerprint density at radius 3 is 2.68 bits per heavy atom. The summed E-state index contributed by atoms with van der Waals surface area (Å²) in [6.07, 6.45) is 3.39. The van der Waals surface area contributed by atoms with Crippen LogP contribution in [0, 0.1) is 0 Å². The Morgan fingerprint density at radius 2 is 2.00 bits per heavy atom. The lowest BCUT2D eigenvalue weighted by Crippen LogP contribution is -2.50. The number of piperidine rings is 1. The van der Waals surface area contributed by atoms with E-state index in [9.17, 15) is 4.79 Å². The standard InChI is InChI=1S/C19H30ClN3OS/c1-3-22(4-2)14-12-21-19(24)23-13-6-5-7-17(23)15-25-18-10-8-16(20)9-11-18/h8-11,17H,3-7,12-15H2,1-2H3,(H,21,24). The molecular weight excluding hydrogens is 354 g/mol. The highest BCUT2D eigenvalue weighted by molar-refractivity contribution is 7.99. The molecule has 6 heteroatoms. The van der Waals surface area contributed by atoms with Crippen LogP contribution in [-0.2, 0) is 0 Å². The van der Waals surface area contributed by atoms with Crippen LogP contribution in [0.4, 0.5) is 4.79 Å². The number of amides is 2. The number of likely N-dealkylation sites (tertiary alicyclic amines) is 1. The molecule has 0 aromatic heterocycles. The fraction of sp³-hybridized carbons (Fsp3) is 0.632. The number of rotatable bonds is 8. The van der Waals surface area contributed by atoms with Crippen LogP contribution >= 0.6 is 23.4 Å². The van der Waals surface area contributed by atoms with Crippen LogP contribution < -0.4 is 5.32 Å². The van der Waals surface area contributed by atoms with Crippen LogP contribution in [0.2, 0.25) is 5.02 Å². The van der Waals surface area contributed by atoms with Crippen molar-refractivity contribution >= 4 is 29.4 Å². The van der Waals surface area contributed by atoms with Crippen molar-refractivity contribution < 1.29 is 4.79 Å². The first kappa shape index (κ1) is 20.4. The van der Waals surface area contributed by atoms with Gasteiger partial charge >= 0.3 is 6.03 Å². The zero-order valence-electron chi connectivity index (χ0n) is 15.3. The lowest BCUT2D eigenvalue weighted by molar-refractivity contribution is 0.158. The van der Waals surface area contributed by atoms with Gasteiger partial charge in [-0.25, -0.2) is 4.79 Å². The van der Waals surface area contributed by atoms with E-state index in [1.54, 1.807) is 11.8 Å². The van der Waals surface area contributed by atoms with Crippen molar-refractivity contribution in [3.8, 4) is 0 Å². The molecule has 0 bridgehead atoms. The molecule has 0 saturated carbocycles. The highest BCUT2D eigenvalue weighted by atomic mass is 35.5. The minimum absolute atomic E-state index is 0.0913. The molecule has 1 aromatic rings. The monoisotopic (exact) mass is 383 g/mol. The van der Waals surface area contributed by atoms with Crippen molar-refractivity contribution in [2.45, 2.75) is 44.0 Å². The van der Waals surface area contributed by atoms with Gasteiger partial charge in [-0.05, 0) is 56.6 Å². The van der Waals surface area contributed by atoms with Gasteiger partial charge in [-0.2, -0.15) is 0 Å². The van der Waals surface area contributed by atoms with E-state index in [-0.39, 0.29) is 6.03 Å². The number of hydrogen-bond donors (Lipinski definition) is 1. The van der Waals surface area contributed by atoms with E-state index in [0.717, 1.165) is 49.8 Å². The Hall–Kier alpha value is -0.910. The third-order valence-electron chi connectivity index (χ3n) is 4.74. The van der Waals surface area contributed by atoms with E-state index in [0.29, 0.717) is 12.6 Å². The van der Waals surface area contributed by atoms with E-state index in [4.69, 9.17) is 11.6 Å². The number of thioether (sulfide) groups is 1. The molecule has 1 aliphatic heterocycles. The maximum absolute atomic E-state index is 12.6. The molecule has 1 heterocycles. The normalized spacial score (nSPS) is 17.8. The molecule has 0 spiro atoms. The molecule has 1 saturated heterocycles. The predicted octanol–water partition coefficient (Wildman–Crippen LogP) is 4.34. The Balaban J connectivity index is 1.82. The lowest BCUT2D eigenvalue weighted by atomic mass is 10.0. The lowest BCUT2D eigenvalue weighted by Gasteiger charge is -2.35. The fourth-order valence-electron chi connectivity index (χ4n) is 3.13. The molecule has 1 fully saturated rings.